The number of nitrogens with zero attached hydrogens (tertiary/aromatic N) is 1. The normalized spacial score (nSPS) is 10.0. The Morgan fingerprint density at radius 2 is 2.09 bits per heavy atom. The average molecular weight is 213 g/mol. The van der Waals surface area contributed by atoms with E-state index in [1.54, 1.807) is 0 Å². The van der Waals surface area contributed by atoms with Crippen molar-refractivity contribution in [1.82, 2.24) is 3.96 Å². The molecule has 1 amide bonds. The minimum absolute atomic E-state index is 0.0652. The van der Waals surface area contributed by atoms with E-state index < -0.39 is 11.6 Å². The van der Waals surface area contributed by atoms with Crippen molar-refractivity contribution in [1.29, 1.82) is 0 Å². The fraction of sp³-hybridized carbons (Fsp3) is 0. The smallest absolute Gasteiger partial charge is 0.335 e. The van der Waals surface area contributed by atoms with Crippen LogP contribution in [0.4, 0.5) is 4.79 Å². The molecule has 1 aromatic heterocycles. The lowest BCUT2D eigenvalue weighted by atomic mass is 10.7. The predicted octanol–water partition coefficient (Wildman–Crippen LogP) is 1.14. The van der Waals surface area contributed by atoms with Gasteiger partial charge >= 0.3 is 6.03 Å². The summed E-state index contributed by atoms with van der Waals surface area (Å²) < 4.78 is 0.750. The second-order valence-corrected chi connectivity index (χ2v) is 3.55. The number of amides is 1. The van der Waals surface area contributed by atoms with Gasteiger partial charge in [0.1, 0.15) is 9.36 Å². The van der Waals surface area contributed by atoms with Crippen molar-refractivity contribution in [2.75, 3.05) is 0 Å². The predicted molar refractivity (Wildman–Crippen MR) is 43.6 cm³/mol. The van der Waals surface area contributed by atoms with E-state index in [9.17, 15) is 9.59 Å². The van der Waals surface area contributed by atoms with Crippen LogP contribution in [0.15, 0.2) is 4.79 Å². The molecular formula is C4H2Cl2N2O2S. The number of nitrogens with two attached hydrogens (primary N) is 1. The number of hydrogen-bond donors (Lipinski definition) is 1. The summed E-state index contributed by atoms with van der Waals surface area (Å²) >= 11 is 11.5. The summed E-state index contributed by atoms with van der Waals surface area (Å²) in [6, 6.07) is -0.881. The maximum Gasteiger partial charge on any atom is 0.335 e. The van der Waals surface area contributed by atoms with Crippen molar-refractivity contribution in [2.24, 2.45) is 5.73 Å². The highest BCUT2D eigenvalue weighted by atomic mass is 35.5. The number of rotatable bonds is 0. The van der Waals surface area contributed by atoms with Gasteiger partial charge in [-0.2, -0.15) is 3.96 Å². The Labute approximate surface area is 75.3 Å². The summed E-state index contributed by atoms with van der Waals surface area (Å²) in [5, 5.41) is -0.171. The van der Waals surface area contributed by atoms with Crippen LogP contribution in [-0.2, 0) is 0 Å². The van der Waals surface area contributed by atoms with Crippen LogP contribution in [0, 0.1) is 0 Å². The van der Waals surface area contributed by atoms with E-state index in [1.165, 1.54) is 0 Å². The molecule has 0 aromatic carbocycles. The van der Waals surface area contributed by atoms with Gasteiger partial charge in [0.05, 0.1) is 0 Å². The Morgan fingerprint density at radius 1 is 1.55 bits per heavy atom. The van der Waals surface area contributed by atoms with Crippen molar-refractivity contribution in [3.05, 3.63) is 19.7 Å². The molecule has 4 nitrogen and oxygen atoms in total. The van der Waals surface area contributed by atoms with E-state index >= 15 is 0 Å². The summed E-state index contributed by atoms with van der Waals surface area (Å²) in [6.07, 6.45) is 0. The van der Waals surface area contributed by atoms with Gasteiger partial charge in [-0.3, -0.25) is 4.79 Å². The van der Waals surface area contributed by atoms with E-state index in [0.29, 0.717) is 15.5 Å². The minimum Gasteiger partial charge on any atom is -0.350 e. The highest BCUT2D eigenvalue weighted by Gasteiger charge is 2.13. The van der Waals surface area contributed by atoms with Crippen molar-refractivity contribution in [3.8, 4) is 0 Å². The van der Waals surface area contributed by atoms with Gasteiger partial charge < -0.3 is 5.73 Å². The highest BCUT2D eigenvalue weighted by molar-refractivity contribution is 7.12. The number of halogens is 2. The first-order valence-corrected chi connectivity index (χ1v) is 3.94. The topological polar surface area (TPSA) is 65.1 Å². The summed E-state index contributed by atoms with van der Waals surface area (Å²) in [4.78, 5) is 21.4. The number of primary amides is 1. The molecule has 0 aliphatic heterocycles. The summed E-state index contributed by atoms with van der Waals surface area (Å²) in [5.74, 6) is 0. The lowest BCUT2D eigenvalue weighted by Crippen LogP contribution is -2.26. The Kier molecular flexibility index (Phi) is 2.22. The zero-order valence-electron chi connectivity index (χ0n) is 5.01. The first-order chi connectivity index (χ1) is 5.04. The molecule has 0 bridgehead atoms. The van der Waals surface area contributed by atoms with Crippen molar-refractivity contribution < 1.29 is 4.79 Å². The molecule has 0 saturated carbocycles. The molecule has 0 spiro atoms. The van der Waals surface area contributed by atoms with Gasteiger partial charge in [-0.1, -0.05) is 23.2 Å². The maximum absolute atomic E-state index is 10.9. The number of carbonyl (C=O) groups is 1. The first-order valence-electron chi connectivity index (χ1n) is 2.41. The molecule has 0 atom stereocenters. The standard InChI is InChI=1S/C4H2Cl2N2O2S/c5-1-2(6)11-8(3(1)9)4(7)10/h(H2,7,10). The zero-order valence-corrected chi connectivity index (χ0v) is 7.33. The fourth-order valence-electron chi connectivity index (χ4n) is 0.480. The molecule has 1 heterocycles. The third-order valence-electron chi connectivity index (χ3n) is 0.916. The molecular weight excluding hydrogens is 211 g/mol. The molecule has 0 saturated heterocycles. The van der Waals surface area contributed by atoms with Crippen LogP contribution in [-0.4, -0.2) is 9.99 Å². The Hall–Kier alpha value is -0.520. The third-order valence-corrected chi connectivity index (χ3v) is 2.76. The van der Waals surface area contributed by atoms with Crippen LogP contribution in [0.5, 0.6) is 0 Å². The summed E-state index contributed by atoms with van der Waals surface area (Å²) in [6.45, 7) is 0. The van der Waals surface area contributed by atoms with Crippen molar-refractivity contribution in [3.63, 3.8) is 0 Å². The van der Waals surface area contributed by atoms with E-state index in [1.807, 2.05) is 0 Å². The number of carbonyl (C=O) groups excluding carboxylic acids is 1. The molecule has 11 heavy (non-hydrogen) atoms. The van der Waals surface area contributed by atoms with Crippen LogP contribution in [0.2, 0.25) is 9.36 Å². The monoisotopic (exact) mass is 212 g/mol. The highest BCUT2D eigenvalue weighted by Crippen LogP contribution is 2.22. The lowest BCUT2D eigenvalue weighted by Gasteiger charge is -1.86. The van der Waals surface area contributed by atoms with E-state index in [-0.39, 0.29) is 9.36 Å². The van der Waals surface area contributed by atoms with Crippen LogP contribution >= 0.6 is 34.7 Å². The molecule has 0 fully saturated rings. The van der Waals surface area contributed by atoms with E-state index in [2.05, 4.69) is 0 Å². The fourth-order valence-corrected chi connectivity index (χ4v) is 1.60. The maximum atomic E-state index is 10.9. The van der Waals surface area contributed by atoms with E-state index in [0.717, 1.165) is 0 Å². The van der Waals surface area contributed by atoms with Crippen LogP contribution < -0.4 is 11.3 Å². The molecule has 1 aromatic rings. The van der Waals surface area contributed by atoms with Crippen LogP contribution in [0.1, 0.15) is 0 Å². The Bertz CT molecular complexity index is 355. The largest absolute Gasteiger partial charge is 0.350 e. The minimum atomic E-state index is -0.881. The quantitative estimate of drug-likeness (QED) is 0.702. The van der Waals surface area contributed by atoms with Crippen LogP contribution in [0.3, 0.4) is 0 Å². The molecule has 60 valence electrons. The molecule has 2 N–H and O–H groups in total. The average Bonchev–Trinajstić information content (AvgIpc) is 2.17. The summed E-state index contributed by atoms with van der Waals surface area (Å²) in [5.41, 5.74) is 4.14. The lowest BCUT2D eigenvalue weighted by molar-refractivity contribution is 0.251. The van der Waals surface area contributed by atoms with Gasteiger partial charge in [0.25, 0.3) is 5.56 Å². The van der Waals surface area contributed by atoms with Gasteiger partial charge in [0, 0.05) is 0 Å². The van der Waals surface area contributed by atoms with Gasteiger partial charge in [0.2, 0.25) is 0 Å². The third kappa shape index (κ3) is 1.40. The summed E-state index contributed by atoms with van der Waals surface area (Å²) in [7, 11) is 0. The Balaban J connectivity index is 3.42. The second-order valence-electron chi connectivity index (χ2n) is 1.62. The first kappa shape index (κ1) is 8.58. The van der Waals surface area contributed by atoms with Crippen LogP contribution in [0.25, 0.3) is 0 Å². The zero-order chi connectivity index (χ0) is 8.59. The molecule has 0 radical (unpaired) electrons. The number of aromatic nitrogens is 1. The van der Waals surface area contributed by atoms with Gasteiger partial charge in [-0.15, -0.1) is 0 Å². The van der Waals surface area contributed by atoms with E-state index in [4.69, 9.17) is 28.9 Å². The SMILES string of the molecule is NC(=O)n1sc(Cl)c(Cl)c1=O. The van der Waals surface area contributed by atoms with Gasteiger partial charge in [-0.05, 0) is 11.5 Å². The molecule has 7 heteroatoms. The molecule has 0 aliphatic rings. The van der Waals surface area contributed by atoms with Gasteiger partial charge in [0.15, 0.2) is 0 Å². The van der Waals surface area contributed by atoms with Crippen molar-refractivity contribution >= 4 is 40.8 Å². The molecule has 0 unspecified atom stereocenters. The van der Waals surface area contributed by atoms with Crippen molar-refractivity contribution in [2.45, 2.75) is 0 Å². The Morgan fingerprint density at radius 3 is 2.27 bits per heavy atom. The molecule has 0 aliphatic carbocycles. The second kappa shape index (κ2) is 2.84. The number of hydrogen-bond acceptors (Lipinski definition) is 3. The molecule has 1 rings (SSSR count). The van der Waals surface area contributed by atoms with Gasteiger partial charge in [-0.25, -0.2) is 4.79 Å².